The van der Waals surface area contributed by atoms with Crippen LogP contribution in [-0.2, 0) is 0 Å². The zero-order valence-electron chi connectivity index (χ0n) is 10.9. The van der Waals surface area contributed by atoms with Crippen LogP contribution in [0.5, 0.6) is 0 Å². The predicted molar refractivity (Wildman–Crippen MR) is 78.1 cm³/mol. The van der Waals surface area contributed by atoms with Crippen LogP contribution in [0.4, 0.5) is 5.69 Å². The first-order valence-corrected chi connectivity index (χ1v) is 7.10. The van der Waals surface area contributed by atoms with Gasteiger partial charge >= 0.3 is 0 Å². The van der Waals surface area contributed by atoms with Gasteiger partial charge in [0.15, 0.2) is 5.17 Å². The van der Waals surface area contributed by atoms with Gasteiger partial charge in [-0.05, 0) is 43.9 Å². The summed E-state index contributed by atoms with van der Waals surface area (Å²) in [5.41, 5.74) is 3.80. The van der Waals surface area contributed by atoms with Gasteiger partial charge < -0.3 is 5.32 Å². The fourth-order valence-electron chi connectivity index (χ4n) is 1.77. The first kappa shape index (κ1) is 12.5. The standard InChI is InChI=1S/C14H20N2S/c1-9-6-5-7-13(11(9)3)16-14-15-12(4)10(2)8-17-14/h5-7,10,12H,8H2,1-4H3,(H,15,16). The van der Waals surface area contributed by atoms with Crippen LogP contribution in [0.15, 0.2) is 23.2 Å². The van der Waals surface area contributed by atoms with E-state index in [1.165, 1.54) is 16.8 Å². The molecule has 2 rings (SSSR count). The van der Waals surface area contributed by atoms with Crippen LogP contribution >= 0.6 is 11.8 Å². The second kappa shape index (κ2) is 5.13. The van der Waals surface area contributed by atoms with Gasteiger partial charge in [-0.15, -0.1) is 0 Å². The zero-order valence-corrected chi connectivity index (χ0v) is 11.8. The van der Waals surface area contributed by atoms with Crippen molar-refractivity contribution in [2.75, 3.05) is 11.1 Å². The Morgan fingerprint density at radius 3 is 2.76 bits per heavy atom. The van der Waals surface area contributed by atoms with Crippen molar-refractivity contribution in [2.45, 2.75) is 33.7 Å². The van der Waals surface area contributed by atoms with Gasteiger partial charge in [-0.3, -0.25) is 4.99 Å². The number of thioether (sulfide) groups is 1. The SMILES string of the molecule is Cc1cccc(NC2=NC(C)C(C)CS2)c1C. The molecule has 0 radical (unpaired) electrons. The Morgan fingerprint density at radius 1 is 1.29 bits per heavy atom. The molecule has 2 nitrogen and oxygen atoms in total. The van der Waals surface area contributed by atoms with Crippen molar-refractivity contribution in [3.05, 3.63) is 29.3 Å². The van der Waals surface area contributed by atoms with Crippen LogP contribution in [0.3, 0.4) is 0 Å². The van der Waals surface area contributed by atoms with Crippen LogP contribution in [0.2, 0.25) is 0 Å². The van der Waals surface area contributed by atoms with E-state index in [1.807, 2.05) is 11.8 Å². The first-order chi connectivity index (χ1) is 8.08. The van der Waals surface area contributed by atoms with Gasteiger partial charge in [0.2, 0.25) is 0 Å². The fourth-order valence-corrected chi connectivity index (χ4v) is 2.89. The molecule has 0 saturated carbocycles. The van der Waals surface area contributed by atoms with E-state index in [1.54, 1.807) is 0 Å². The van der Waals surface area contributed by atoms with Crippen molar-refractivity contribution in [1.82, 2.24) is 0 Å². The number of hydrogen-bond acceptors (Lipinski definition) is 3. The summed E-state index contributed by atoms with van der Waals surface area (Å²) >= 11 is 1.82. The molecule has 0 fully saturated rings. The minimum atomic E-state index is 0.420. The Morgan fingerprint density at radius 2 is 2.06 bits per heavy atom. The summed E-state index contributed by atoms with van der Waals surface area (Å²) in [5.74, 6) is 1.82. The van der Waals surface area contributed by atoms with E-state index in [2.05, 4.69) is 51.2 Å². The maximum absolute atomic E-state index is 4.70. The van der Waals surface area contributed by atoms with Gasteiger partial charge in [-0.1, -0.05) is 30.8 Å². The smallest absolute Gasteiger partial charge is 0.161 e. The highest BCUT2D eigenvalue weighted by atomic mass is 32.2. The average molecular weight is 248 g/mol. The van der Waals surface area contributed by atoms with Crippen molar-refractivity contribution in [1.29, 1.82) is 0 Å². The van der Waals surface area contributed by atoms with Crippen molar-refractivity contribution < 1.29 is 0 Å². The number of amidine groups is 1. The molecule has 1 aromatic carbocycles. The number of nitrogens with one attached hydrogen (secondary N) is 1. The largest absolute Gasteiger partial charge is 0.335 e. The van der Waals surface area contributed by atoms with E-state index < -0.39 is 0 Å². The Labute approximate surface area is 108 Å². The van der Waals surface area contributed by atoms with E-state index >= 15 is 0 Å². The lowest BCUT2D eigenvalue weighted by molar-refractivity contribution is 0.537. The van der Waals surface area contributed by atoms with E-state index in [4.69, 9.17) is 4.99 Å². The number of aliphatic imine (C=N–C) groups is 1. The van der Waals surface area contributed by atoms with Gasteiger partial charge in [0.25, 0.3) is 0 Å². The molecular weight excluding hydrogens is 228 g/mol. The first-order valence-electron chi connectivity index (χ1n) is 6.11. The second-order valence-electron chi connectivity index (χ2n) is 4.84. The molecule has 2 atom stereocenters. The van der Waals surface area contributed by atoms with E-state index in [0.717, 1.165) is 10.9 Å². The number of nitrogens with zero attached hydrogens (tertiary/aromatic N) is 1. The monoisotopic (exact) mass is 248 g/mol. The summed E-state index contributed by atoms with van der Waals surface area (Å²) < 4.78 is 0. The van der Waals surface area contributed by atoms with Crippen molar-refractivity contribution >= 4 is 22.6 Å². The normalized spacial score (nSPS) is 24.4. The molecule has 92 valence electrons. The highest BCUT2D eigenvalue weighted by Gasteiger charge is 2.19. The molecule has 0 amide bonds. The molecule has 0 bridgehead atoms. The maximum atomic E-state index is 4.70. The molecule has 1 aromatic rings. The quantitative estimate of drug-likeness (QED) is 0.816. The topological polar surface area (TPSA) is 24.4 Å². The van der Waals surface area contributed by atoms with Crippen LogP contribution in [0, 0.1) is 19.8 Å². The van der Waals surface area contributed by atoms with E-state index in [-0.39, 0.29) is 0 Å². The zero-order chi connectivity index (χ0) is 12.4. The number of hydrogen-bond donors (Lipinski definition) is 1. The molecule has 1 N–H and O–H groups in total. The van der Waals surface area contributed by atoms with Crippen LogP contribution < -0.4 is 5.32 Å². The van der Waals surface area contributed by atoms with Crippen molar-refractivity contribution in [2.24, 2.45) is 10.9 Å². The summed E-state index contributed by atoms with van der Waals surface area (Å²) in [4.78, 5) is 4.70. The molecule has 0 aliphatic carbocycles. The van der Waals surface area contributed by atoms with Crippen LogP contribution in [0.25, 0.3) is 0 Å². The highest BCUT2D eigenvalue weighted by molar-refractivity contribution is 8.14. The lowest BCUT2D eigenvalue weighted by atomic mass is 10.1. The van der Waals surface area contributed by atoms with Crippen LogP contribution in [-0.4, -0.2) is 17.0 Å². The van der Waals surface area contributed by atoms with Crippen molar-refractivity contribution in [3.8, 4) is 0 Å². The Hall–Kier alpha value is -0.960. The third-order valence-corrected chi connectivity index (χ3v) is 4.65. The Balaban J connectivity index is 2.16. The van der Waals surface area contributed by atoms with E-state index in [0.29, 0.717) is 12.0 Å². The molecular formula is C14H20N2S. The molecule has 0 saturated heterocycles. The molecule has 17 heavy (non-hydrogen) atoms. The van der Waals surface area contributed by atoms with Crippen LogP contribution in [0.1, 0.15) is 25.0 Å². The number of aryl methyl sites for hydroxylation is 1. The van der Waals surface area contributed by atoms with E-state index in [9.17, 15) is 0 Å². The molecule has 3 heteroatoms. The average Bonchev–Trinajstić information content (AvgIpc) is 2.30. The summed E-state index contributed by atoms with van der Waals surface area (Å²) in [6, 6.07) is 6.77. The summed E-state index contributed by atoms with van der Waals surface area (Å²) in [6.45, 7) is 8.74. The molecule has 1 aliphatic rings. The van der Waals surface area contributed by atoms with Gasteiger partial charge in [-0.25, -0.2) is 0 Å². The summed E-state index contributed by atoms with van der Waals surface area (Å²) in [7, 11) is 0. The molecule has 2 unspecified atom stereocenters. The minimum Gasteiger partial charge on any atom is -0.335 e. The van der Waals surface area contributed by atoms with Gasteiger partial charge in [0, 0.05) is 11.4 Å². The predicted octanol–water partition coefficient (Wildman–Crippen LogP) is 3.84. The summed E-state index contributed by atoms with van der Waals surface area (Å²) in [5, 5.41) is 4.51. The second-order valence-corrected chi connectivity index (χ2v) is 5.84. The molecule has 1 heterocycles. The number of rotatable bonds is 1. The minimum absolute atomic E-state index is 0.420. The van der Waals surface area contributed by atoms with Gasteiger partial charge in [-0.2, -0.15) is 0 Å². The lowest BCUT2D eigenvalue weighted by Crippen LogP contribution is -2.25. The molecule has 0 spiro atoms. The lowest BCUT2D eigenvalue weighted by Gasteiger charge is -2.24. The number of anilines is 1. The van der Waals surface area contributed by atoms with Gasteiger partial charge in [0.05, 0.1) is 6.04 Å². The summed E-state index contributed by atoms with van der Waals surface area (Å²) in [6.07, 6.45) is 0. The highest BCUT2D eigenvalue weighted by Crippen LogP contribution is 2.25. The third kappa shape index (κ3) is 2.83. The molecule has 1 aliphatic heterocycles. The Bertz CT molecular complexity index is 440. The van der Waals surface area contributed by atoms with Gasteiger partial charge in [0.1, 0.15) is 0 Å². The maximum Gasteiger partial charge on any atom is 0.161 e. The Kier molecular flexibility index (Phi) is 3.77. The van der Waals surface area contributed by atoms with Crippen molar-refractivity contribution in [3.63, 3.8) is 0 Å². The fraction of sp³-hybridized carbons (Fsp3) is 0.500. The number of benzene rings is 1. The molecule has 0 aromatic heterocycles. The third-order valence-electron chi connectivity index (χ3n) is 3.47.